The Kier molecular flexibility index (Phi) is 4.46. The Bertz CT molecular complexity index is 356. The first-order chi connectivity index (χ1) is 7.78. The Hall–Kier alpha value is -0.290. The van der Waals surface area contributed by atoms with Crippen LogP contribution in [-0.2, 0) is 6.61 Å². The summed E-state index contributed by atoms with van der Waals surface area (Å²) in [6.45, 7) is 2.16. The van der Waals surface area contributed by atoms with Gasteiger partial charge in [0.15, 0.2) is 0 Å². The molecule has 0 amide bonds. The maximum absolute atomic E-state index is 9.09. The molecule has 5 heteroatoms. The average Bonchev–Trinajstić information content (AvgIpc) is 2.29. The van der Waals surface area contributed by atoms with Crippen LogP contribution in [0.3, 0.4) is 0 Å². The highest BCUT2D eigenvalue weighted by Gasteiger charge is 2.15. The molecule has 2 N–H and O–H groups in total. The molecule has 1 aliphatic heterocycles. The van der Waals surface area contributed by atoms with Crippen LogP contribution >= 0.6 is 23.4 Å². The van der Waals surface area contributed by atoms with Gasteiger partial charge < -0.3 is 10.4 Å². The number of piperidine rings is 1. The number of aliphatic hydroxyl groups is 1. The normalized spacial score (nSPS) is 17.6. The Morgan fingerprint density at radius 1 is 1.44 bits per heavy atom. The lowest BCUT2D eigenvalue weighted by Gasteiger charge is -2.21. The summed E-state index contributed by atoms with van der Waals surface area (Å²) in [6.07, 6.45) is 2.32. The second kappa shape index (κ2) is 5.87. The molecular formula is C11H15ClN2OS. The molecule has 0 atom stereocenters. The quantitative estimate of drug-likeness (QED) is 0.815. The minimum absolute atomic E-state index is 0.0159. The number of hydrogen-bond acceptors (Lipinski definition) is 4. The molecule has 2 rings (SSSR count). The zero-order valence-corrected chi connectivity index (χ0v) is 10.5. The van der Waals surface area contributed by atoms with Gasteiger partial charge in [0.1, 0.15) is 5.15 Å². The van der Waals surface area contributed by atoms with Crippen molar-refractivity contribution in [1.82, 2.24) is 10.3 Å². The minimum atomic E-state index is 0.0159. The second-order valence-corrected chi connectivity index (χ2v) is 5.57. The second-order valence-electron chi connectivity index (χ2n) is 3.86. The molecule has 1 aromatic heterocycles. The van der Waals surface area contributed by atoms with Crippen molar-refractivity contribution in [1.29, 1.82) is 0 Å². The predicted molar refractivity (Wildman–Crippen MR) is 66.9 cm³/mol. The van der Waals surface area contributed by atoms with E-state index >= 15 is 0 Å². The largest absolute Gasteiger partial charge is 0.392 e. The molecule has 0 saturated carbocycles. The first-order valence-electron chi connectivity index (χ1n) is 5.42. The number of hydrogen-bond donors (Lipinski definition) is 2. The molecule has 0 bridgehead atoms. The third-order valence-electron chi connectivity index (χ3n) is 2.59. The molecular weight excluding hydrogens is 244 g/mol. The fourth-order valence-corrected chi connectivity index (χ4v) is 3.22. The van der Waals surface area contributed by atoms with Crippen molar-refractivity contribution in [2.45, 2.75) is 29.7 Å². The predicted octanol–water partition coefficient (Wildman–Crippen LogP) is 2.07. The Morgan fingerprint density at radius 2 is 2.19 bits per heavy atom. The Labute approximate surface area is 105 Å². The van der Waals surface area contributed by atoms with Crippen LogP contribution in [0.5, 0.6) is 0 Å². The van der Waals surface area contributed by atoms with Crippen molar-refractivity contribution < 1.29 is 5.11 Å². The number of rotatable bonds is 3. The van der Waals surface area contributed by atoms with Crippen LogP contribution in [0.1, 0.15) is 18.4 Å². The SMILES string of the molecule is OCc1cc(Cl)nc(SC2CCNCC2)c1. The third kappa shape index (κ3) is 3.35. The number of thioether (sulfide) groups is 1. The van der Waals surface area contributed by atoms with Crippen molar-refractivity contribution in [3.8, 4) is 0 Å². The van der Waals surface area contributed by atoms with Gasteiger partial charge in [-0.1, -0.05) is 11.6 Å². The molecule has 1 saturated heterocycles. The van der Waals surface area contributed by atoms with E-state index in [1.54, 1.807) is 17.8 Å². The molecule has 2 heterocycles. The molecule has 0 unspecified atom stereocenters. The molecule has 0 radical (unpaired) electrons. The fourth-order valence-electron chi connectivity index (χ4n) is 1.76. The standard InChI is InChI=1S/C11H15ClN2OS/c12-10-5-8(7-15)6-11(14-10)16-9-1-3-13-4-2-9/h5-6,9,13,15H,1-4,7H2. The lowest BCUT2D eigenvalue weighted by molar-refractivity contribution is 0.281. The number of pyridine rings is 1. The van der Waals surface area contributed by atoms with Crippen LogP contribution < -0.4 is 5.32 Å². The van der Waals surface area contributed by atoms with Gasteiger partial charge in [0.2, 0.25) is 0 Å². The number of nitrogens with one attached hydrogen (secondary N) is 1. The van der Waals surface area contributed by atoms with Gasteiger partial charge in [0, 0.05) is 5.25 Å². The summed E-state index contributed by atoms with van der Waals surface area (Å²) in [4.78, 5) is 4.27. The molecule has 0 spiro atoms. The first kappa shape index (κ1) is 12.2. The highest BCUT2D eigenvalue weighted by molar-refractivity contribution is 7.99. The van der Waals surface area contributed by atoms with E-state index in [1.165, 1.54) is 0 Å². The van der Waals surface area contributed by atoms with Crippen molar-refractivity contribution >= 4 is 23.4 Å². The number of aromatic nitrogens is 1. The summed E-state index contributed by atoms with van der Waals surface area (Å²) in [5.41, 5.74) is 0.830. The molecule has 3 nitrogen and oxygen atoms in total. The molecule has 88 valence electrons. The van der Waals surface area contributed by atoms with Gasteiger partial charge >= 0.3 is 0 Å². The summed E-state index contributed by atoms with van der Waals surface area (Å²) in [6, 6.07) is 3.62. The van der Waals surface area contributed by atoms with E-state index < -0.39 is 0 Å². The maximum atomic E-state index is 9.09. The van der Waals surface area contributed by atoms with Crippen molar-refractivity contribution in [3.63, 3.8) is 0 Å². The van der Waals surface area contributed by atoms with Crippen LogP contribution in [0.25, 0.3) is 0 Å². The maximum Gasteiger partial charge on any atom is 0.130 e. The number of aliphatic hydroxyl groups excluding tert-OH is 1. The summed E-state index contributed by atoms with van der Waals surface area (Å²) in [7, 11) is 0. The molecule has 1 aromatic rings. The lowest BCUT2D eigenvalue weighted by atomic mass is 10.2. The zero-order chi connectivity index (χ0) is 11.4. The Morgan fingerprint density at radius 3 is 2.88 bits per heavy atom. The molecule has 0 aliphatic carbocycles. The van der Waals surface area contributed by atoms with E-state index in [4.69, 9.17) is 16.7 Å². The number of halogens is 1. The van der Waals surface area contributed by atoms with Gasteiger partial charge in [0.25, 0.3) is 0 Å². The summed E-state index contributed by atoms with van der Waals surface area (Å²) >= 11 is 7.66. The number of nitrogens with zero attached hydrogens (tertiary/aromatic N) is 1. The van der Waals surface area contributed by atoms with Gasteiger partial charge in [-0.3, -0.25) is 0 Å². The molecule has 1 fully saturated rings. The van der Waals surface area contributed by atoms with E-state index in [1.807, 2.05) is 6.07 Å². The van der Waals surface area contributed by atoms with E-state index in [2.05, 4.69) is 10.3 Å². The topological polar surface area (TPSA) is 45.2 Å². The van der Waals surface area contributed by atoms with Gasteiger partial charge in [-0.2, -0.15) is 0 Å². The smallest absolute Gasteiger partial charge is 0.130 e. The van der Waals surface area contributed by atoms with Gasteiger partial charge in [-0.05, 0) is 43.6 Å². The van der Waals surface area contributed by atoms with Gasteiger partial charge in [-0.15, -0.1) is 11.8 Å². The molecule has 1 aliphatic rings. The monoisotopic (exact) mass is 258 g/mol. The fraction of sp³-hybridized carbons (Fsp3) is 0.545. The highest BCUT2D eigenvalue weighted by atomic mass is 35.5. The van der Waals surface area contributed by atoms with Gasteiger partial charge in [0.05, 0.1) is 11.6 Å². The summed E-state index contributed by atoms with van der Waals surface area (Å²) in [5.74, 6) is 0. The minimum Gasteiger partial charge on any atom is -0.392 e. The molecule has 0 aromatic carbocycles. The van der Waals surface area contributed by atoms with Crippen LogP contribution in [-0.4, -0.2) is 28.4 Å². The van der Waals surface area contributed by atoms with E-state index in [0.29, 0.717) is 10.4 Å². The average molecular weight is 259 g/mol. The lowest BCUT2D eigenvalue weighted by Crippen LogP contribution is -2.29. The van der Waals surface area contributed by atoms with Crippen LogP contribution in [0, 0.1) is 0 Å². The molecule has 16 heavy (non-hydrogen) atoms. The summed E-state index contributed by atoms with van der Waals surface area (Å²) in [5, 5.41) is 14.4. The first-order valence-corrected chi connectivity index (χ1v) is 6.68. The van der Waals surface area contributed by atoms with Crippen molar-refractivity contribution in [3.05, 3.63) is 22.8 Å². The van der Waals surface area contributed by atoms with Crippen molar-refractivity contribution in [2.75, 3.05) is 13.1 Å². The van der Waals surface area contributed by atoms with Crippen LogP contribution in [0.15, 0.2) is 17.2 Å². The van der Waals surface area contributed by atoms with E-state index in [-0.39, 0.29) is 6.61 Å². The summed E-state index contributed by atoms with van der Waals surface area (Å²) < 4.78 is 0. The van der Waals surface area contributed by atoms with Crippen molar-refractivity contribution in [2.24, 2.45) is 0 Å². The van der Waals surface area contributed by atoms with Crippen LogP contribution in [0.4, 0.5) is 0 Å². The van der Waals surface area contributed by atoms with Crippen LogP contribution in [0.2, 0.25) is 5.15 Å². The highest BCUT2D eigenvalue weighted by Crippen LogP contribution is 2.29. The zero-order valence-electron chi connectivity index (χ0n) is 8.95. The Balaban J connectivity index is 2.04. The third-order valence-corrected chi connectivity index (χ3v) is 4.04. The van der Waals surface area contributed by atoms with Gasteiger partial charge in [-0.25, -0.2) is 4.98 Å². The van der Waals surface area contributed by atoms with E-state index in [9.17, 15) is 0 Å². The van der Waals surface area contributed by atoms with E-state index in [0.717, 1.165) is 36.5 Å².